The number of nitrogens with one attached hydrogen (secondary N) is 1. The Morgan fingerprint density at radius 3 is 2.78 bits per heavy atom. The van der Waals surface area contributed by atoms with Crippen LogP contribution in [-0.2, 0) is 11.2 Å². The van der Waals surface area contributed by atoms with E-state index >= 15 is 0 Å². The number of carbonyl (C=O) groups is 2. The minimum absolute atomic E-state index is 0.0188. The fourth-order valence-electron chi connectivity index (χ4n) is 3.32. The lowest BCUT2D eigenvalue weighted by molar-refractivity contribution is -0.120. The first kappa shape index (κ1) is 18.9. The van der Waals surface area contributed by atoms with Crippen LogP contribution in [0.15, 0.2) is 35.1 Å². The quantitative estimate of drug-likeness (QED) is 0.841. The number of nitrogens with zero attached hydrogens (tertiary/aromatic N) is 2. The third-order valence-corrected chi connectivity index (χ3v) is 4.86. The maximum absolute atomic E-state index is 12.6. The van der Waals surface area contributed by atoms with Gasteiger partial charge in [-0.25, -0.2) is 4.98 Å². The van der Waals surface area contributed by atoms with Crippen LogP contribution in [0.4, 0.5) is 0 Å². The Hall–Kier alpha value is -2.83. The van der Waals surface area contributed by atoms with Gasteiger partial charge in [0.15, 0.2) is 6.39 Å². The molecule has 2 aromatic rings. The summed E-state index contributed by atoms with van der Waals surface area (Å²) in [4.78, 5) is 30.5. The number of amides is 2. The molecule has 7 heteroatoms. The highest BCUT2D eigenvalue weighted by Crippen LogP contribution is 2.19. The number of hydrogen-bond donors (Lipinski definition) is 1. The number of carbonyl (C=O) groups excluding carboxylic acids is 2. The van der Waals surface area contributed by atoms with Gasteiger partial charge in [-0.3, -0.25) is 9.59 Å². The molecule has 0 spiro atoms. The highest BCUT2D eigenvalue weighted by molar-refractivity contribution is 5.92. The SMILES string of the molecule is COc1ccc(CC(=O)NCC2CCCN(C(=O)c3ocnc3C)C2)cc1. The number of piperidine rings is 1. The molecule has 1 saturated heterocycles. The Morgan fingerprint density at radius 2 is 2.11 bits per heavy atom. The van der Waals surface area contributed by atoms with Gasteiger partial charge in [0.05, 0.1) is 19.2 Å². The Balaban J connectivity index is 1.48. The lowest BCUT2D eigenvalue weighted by Gasteiger charge is -2.32. The average Bonchev–Trinajstić information content (AvgIpc) is 3.12. The summed E-state index contributed by atoms with van der Waals surface area (Å²) in [6.45, 7) is 3.64. The molecule has 3 rings (SSSR count). The van der Waals surface area contributed by atoms with Crippen molar-refractivity contribution in [1.82, 2.24) is 15.2 Å². The number of ether oxygens (including phenoxy) is 1. The van der Waals surface area contributed by atoms with Crippen LogP contribution in [0.1, 0.15) is 34.7 Å². The van der Waals surface area contributed by atoms with E-state index in [9.17, 15) is 9.59 Å². The minimum Gasteiger partial charge on any atom is -0.497 e. The Bertz CT molecular complexity index is 785. The molecule has 0 aliphatic carbocycles. The summed E-state index contributed by atoms with van der Waals surface area (Å²) in [6.07, 6.45) is 3.53. The van der Waals surface area contributed by atoms with E-state index in [0.717, 1.165) is 24.2 Å². The predicted octanol–water partition coefficient (Wildman–Crippen LogP) is 2.20. The second kappa shape index (κ2) is 8.70. The summed E-state index contributed by atoms with van der Waals surface area (Å²) in [6, 6.07) is 7.47. The average molecular weight is 371 g/mol. The molecule has 1 aromatic heterocycles. The standard InChI is InChI=1S/C20H25N3O4/c1-14-19(27-13-22-14)20(25)23-9-3-4-16(12-23)11-21-18(24)10-15-5-7-17(26-2)8-6-15/h5-8,13,16H,3-4,9-12H2,1-2H3,(H,21,24). The smallest absolute Gasteiger partial charge is 0.291 e. The molecule has 0 bridgehead atoms. The van der Waals surface area contributed by atoms with Gasteiger partial charge in [0.2, 0.25) is 11.7 Å². The number of methoxy groups -OCH3 is 1. The first-order valence-corrected chi connectivity index (χ1v) is 9.16. The van der Waals surface area contributed by atoms with Crippen molar-refractivity contribution in [3.63, 3.8) is 0 Å². The number of oxazole rings is 1. The molecule has 2 amide bonds. The molecule has 27 heavy (non-hydrogen) atoms. The van der Waals surface area contributed by atoms with E-state index < -0.39 is 0 Å². The molecule has 0 saturated carbocycles. The molecular formula is C20H25N3O4. The summed E-state index contributed by atoms with van der Waals surface area (Å²) in [5.41, 5.74) is 1.55. The Morgan fingerprint density at radius 1 is 1.33 bits per heavy atom. The Labute approximate surface area is 158 Å². The zero-order chi connectivity index (χ0) is 19.2. The van der Waals surface area contributed by atoms with E-state index in [0.29, 0.717) is 37.5 Å². The van der Waals surface area contributed by atoms with Crippen molar-refractivity contribution in [3.05, 3.63) is 47.7 Å². The number of hydrogen-bond acceptors (Lipinski definition) is 5. The van der Waals surface area contributed by atoms with E-state index in [2.05, 4.69) is 10.3 Å². The van der Waals surface area contributed by atoms with Gasteiger partial charge in [-0.05, 0) is 43.4 Å². The molecule has 1 fully saturated rings. The maximum atomic E-state index is 12.6. The molecule has 1 aliphatic heterocycles. The summed E-state index contributed by atoms with van der Waals surface area (Å²) in [5, 5.41) is 2.99. The van der Waals surface area contributed by atoms with Crippen LogP contribution in [0.5, 0.6) is 5.75 Å². The first-order chi connectivity index (χ1) is 13.1. The normalized spacial score (nSPS) is 16.8. The van der Waals surface area contributed by atoms with Crippen LogP contribution in [0.3, 0.4) is 0 Å². The van der Waals surface area contributed by atoms with Gasteiger partial charge < -0.3 is 19.4 Å². The maximum Gasteiger partial charge on any atom is 0.291 e. The van der Waals surface area contributed by atoms with Crippen molar-refractivity contribution < 1.29 is 18.7 Å². The molecular weight excluding hydrogens is 346 g/mol. The van der Waals surface area contributed by atoms with Gasteiger partial charge in [0, 0.05) is 19.6 Å². The molecule has 1 aromatic carbocycles. The minimum atomic E-state index is -0.126. The van der Waals surface area contributed by atoms with Crippen molar-refractivity contribution in [2.75, 3.05) is 26.7 Å². The van der Waals surface area contributed by atoms with Crippen molar-refractivity contribution in [3.8, 4) is 5.75 Å². The topological polar surface area (TPSA) is 84.7 Å². The third kappa shape index (κ3) is 4.87. The second-order valence-electron chi connectivity index (χ2n) is 6.86. The van der Waals surface area contributed by atoms with E-state index in [1.54, 1.807) is 18.9 Å². The van der Waals surface area contributed by atoms with E-state index in [4.69, 9.17) is 9.15 Å². The van der Waals surface area contributed by atoms with Crippen LogP contribution in [0, 0.1) is 12.8 Å². The van der Waals surface area contributed by atoms with Crippen LogP contribution in [0.2, 0.25) is 0 Å². The van der Waals surface area contributed by atoms with E-state index in [1.165, 1.54) is 6.39 Å². The molecule has 1 aliphatic rings. The summed E-state index contributed by atoms with van der Waals surface area (Å²) in [5.74, 6) is 1.17. The molecule has 1 N–H and O–H groups in total. The van der Waals surface area contributed by atoms with Crippen molar-refractivity contribution >= 4 is 11.8 Å². The largest absolute Gasteiger partial charge is 0.497 e. The van der Waals surface area contributed by atoms with Gasteiger partial charge >= 0.3 is 0 Å². The molecule has 144 valence electrons. The van der Waals surface area contributed by atoms with Crippen LogP contribution >= 0.6 is 0 Å². The lowest BCUT2D eigenvalue weighted by Crippen LogP contribution is -2.44. The first-order valence-electron chi connectivity index (χ1n) is 9.16. The van der Waals surface area contributed by atoms with Crippen molar-refractivity contribution in [2.24, 2.45) is 5.92 Å². The summed E-state index contributed by atoms with van der Waals surface area (Å²) >= 11 is 0. The molecule has 1 atom stereocenters. The van der Waals surface area contributed by atoms with Crippen LogP contribution in [0.25, 0.3) is 0 Å². The van der Waals surface area contributed by atoms with E-state index in [1.807, 2.05) is 24.3 Å². The molecule has 2 heterocycles. The monoisotopic (exact) mass is 371 g/mol. The molecule has 0 radical (unpaired) electrons. The summed E-state index contributed by atoms with van der Waals surface area (Å²) < 4.78 is 10.3. The number of benzene rings is 1. The number of aryl methyl sites for hydroxylation is 1. The number of likely N-dealkylation sites (tertiary alicyclic amines) is 1. The fraction of sp³-hybridized carbons (Fsp3) is 0.450. The molecule has 7 nitrogen and oxygen atoms in total. The highest BCUT2D eigenvalue weighted by atomic mass is 16.5. The lowest BCUT2D eigenvalue weighted by atomic mass is 9.97. The van der Waals surface area contributed by atoms with Gasteiger partial charge in [0.25, 0.3) is 5.91 Å². The highest BCUT2D eigenvalue weighted by Gasteiger charge is 2.27. The fourth-order valence-corrected chi connectivity index (χ4v) is 3.32. The van der Waals surface area contributed by atoms with Gasteiger partial charge in [-0.2, -0.15) is 0 Å². The second-order valence-corrected chi connectivity index (χ2v) is 6.86. The molecule has 1 unspecified atom stereocenters. The van der Waals surface area contributed by atoms with Crippen molar-refractivity contribution in [1.29, 1.82) is 0 Å². The van der Waals surface area contributed by atoms with Gasteiger partial charge in [0.1, 0.15) is 5.75 Å². The third-order valence-electron chi connectivity index (χ3n) is 4.86. The predicted molar refractivity (Wildman–Crippen MR) is 99.6 cm³/mol. The van der Waals surface area contributed by atoms with Crippen molar-refractivity contribution in [2.45, 2.75) is 26.2 Å². The van der Waals surface area contributed by atoms with Gasteiger partial charge in [-0.15, -0.1) is 0 Å². The number of rotatable bonds is 6. The zero-order valence-electron chi connectivity index (χ0n) is 15.7. The number of aromatic nitrogens is 1. The van der Waals surface area contributed by atoms with Gasteiger partial charge in [-0.1, -0.05) is 12.1 Å². The zero-order valence-corrected chi connectivity index (χ0v) is 15.7. The Kier molecular flexibility index (Phi) is 6.11. The van der Waals surface area contributed by atoms with E-state index in [-0.39, 0.29) is 17.7 Å². The van der Waals surface area contributed by atoms with Crippen LogP contribution < -0.4 is 10.1 Å². The summed E-state index contributed by atoms with van der Waals surface area (Å²) in [7, 11) is 1.61. The van der Waals surface area contributed by atoms with Crippen LogP contribution in [-0.4, -0.2) is 48.4 Å².